The van der Waals surface area contributed by atoms with Crippen LogP contribution in [-0.4, -0.2) is 43.0 Å². The fraction of sp³-hybridized carbons (Fsp3) is 0.348. The number of carbonyl (C=O) groups excluding carboxylic acids is 2. The molecule has 2 amide bonds. The number of ether oxygens (including phenoxy) is 1. The molecular formula is C23H24N3O4+. The van der Waals surface area contributed by atoms with Crippen LogP contribution in [0.4, 0.5) is 5.69 Å². The third kappa shape index (κ3) is 3.25. The molecular weight excluding hydrogens is 382 g/mol. The van der Waals surface area contributed by atoms with E-state index in [1.807, 2.05) is 24.3 Å². The Balaban J connectivity index is 1.26. The Kier molecular flexibility index (Phi) is 4.75. The lowest BCUT2D eigenvalue weighted by molar-refractivity contribution is -0.920. The van der Waals surface area contributed by atoms with Crippen LogP contribution < -0.4 is 14.5 Å². The van der Waals surface area contributed by atoms with E-state index in [4.69, 9.17) is 9.15 Å². The van der Waals surface area contributed by atoms with Crippen LogP contribution in [0.3, 0.4) is 0 Å². The van der Waals surface area contributed by atoms with Gasteiger partial charge in [-0.1, -0.05) is 12.1 Å². The number of fused-ring (bicyclic) bond motifs is 1. The highest BCUT2D eigenvalue weighted by Crippen LogP contribution is 2.28. The van der Waals surface area contributed by atoms with Gasteiger partial charge in [-0.15, -0.1) is 0 Å². The molecule has 0 aliphatic carbocycles. The third-order valence-electron chi connectivity index (χ3n) is 6.26. The van der Waals surface area contributed by atoms with Crippen molar-refractivity contribution < 1.29 is 23.6 Å². The van der Waals surface area contributed by atoms with E-state index in [1.165, 1.54) is 9.80 Å². The maximum atomic E-state index is 13.1. The zero-order chi connectivity index (χ0) is 20.7. The van der Waals surface area contributed by atoms with Crippen molar-refractivity contribution in [3.63, 3.8) is 0 Å². The molecule has 2 aromatic carbocycles. The van der Waals surface area contributed by atoms with Crippen molar-refractivity contribution in [2.75, 3.05) is 25.1 Å². The lowest BCUT2D eigenvalue weighted by Crippen LogP contribution is -3.17. The van der Waals surface area contributed by atoms with Crippen molar-refractivity contribution >= 4 is 28.6 Å². The monoisotopic (exact) mass is 406 g/mol. The zero-order valence-electron chi connectivity index (χ0n) is 16.8. The Morgan fingerprint density at radius 1 is 1.07 bits per heavy atom. The number of piperidine rings is 1. The van der Waals surface area contributed by atoms with Gasteiger partial charge in [-0.25, -0.2) is 9.88 Å². The van der Waals surface area contributed by atoms with Crippen LogP contribution in [0.5, 0.6) is 5.75 Å². The van der Waals surface area contributed by atoms with Crippen molar-refractivity contribution in [3.8, 4) is 5.75 Å². The van der Waals surface area contributed by atoms with Crippen molar-refractivity contribution in [2.45, 2.75) is 31.2 Å². The first kappa shape index (κ1) is 18.8. The molecule has 5 rings (SSSR count). The minimum absolute atomic E-state index is 0.111. The van der Waals surface area contributed by atoms with Crippen LogP contribution >= 0.6 is 0 Å². The molecule has 7 heteroatoms. The smallest absolute Gasteiger partial charge is 0.292 e. The van der Waals surface area contributed by atoms with Crippen LogP contribution in [0.2, 0.25) is 0 Å². The number of benzene rings is 2. The van der Waals surface area contributed by atoms with E-state index < -0.39 is 0 Å². The first-order valence-electron chi connectivity index (χ1n) is 10.3. The summed E-state index contributed by atoms with van der Waals surface area (Å²) in [5, 5.41) is 0. The number of aromatic nitrogens is 1. The van der Waals surface area contributed by atoms with Crippen molar-refractivity contribution in [2.24, 2.45) is 0 Å². The van der Waals surface area contributed by atoms with Gasteiger partial charge in [0, 0.05) is 18.8 Å². The highest BCUT2D eigenvalue weighted by molar-refractivity contribution is 6.21. The molecule has 3 heterocycles. The number of para-hydroxylation sites is 2. The number of rotatable bonds is 4. The second kappa shape index (κ2) is 7.57. The number of imide groups is 1. The molecule has 0 saturated carbocycles. The number of methoxy groups -OCH3 is 1. The summed E-state index contributed by atoms with van der Waals surface area (Å²) in [6.45, 7) is 1.65. The first-order chi connectivity index (χ1) is 14.6. The number of nitrogens with zero attached hydrogens (tertiary/aromatic N) is 2. The van der Waals surface area contributed by atoms with Gasteiger partial charge in [0.2, 0.25) is 5.91 Å². The largest absolute Gasteiger partial charge is 0.497 e. The van der Waals surface area contributed by atoms with Gasteiger partial charge >= 0.3 is 0 Å². The fourth-order valence-electron chi connectivity index (χ4n) is 4.60. The number of nitrogens with one attached hydrogen (secondary N) is 1. The van der Waals surface area contributed by atoms with Gasteiger partial charge in [0.1, 0.15) is 11.3 Å². The molecule has 1 N–H and O–H groups in total. The van der Waals surface area contributed by atoms with E-state index in [-0.39, 0.29) is 30.2 Å². The molecule has 2 saturated heterocycles. The predicted molar refractivity (Wildman–Crippen MR) is 111 cm³/mol. The van der Waals surface area contributed by atoms with Crippen LogP contribution in [0, 0.1) is 0 Å². The molecule has 1 atom stereocenters. The Morgan fingerprint density at radius 2 is 1.80 bits per heavy atom. The summed E-state index contributed by atoms with van der Waals surface area (Å²) < 4.78 is 11.1. The summed E-state index contributed by atoms with van der Waals surface area (Å²) in [4.78, 5) is 32.8. The van der Waals surface area contributed by atoms with E-state index in [2.05, 4.69) is 4.98 Å². The quantitative estimate of drug-likeness (QED) is 0.670. The summed E-state index contributed by atoms with van der Waals surface area (Å²) >= 11 is 0. The van der Waals surface area contributed by atoms with E-state index in [0.717, 1.165) is 42.9 Å². The van der Waals surface area contributed by atoms with Crippen LogP contribution in [0.1, 0.15) is 31.1 Å². The summed E-state index contributed by atoms with van der Waals surface area (Å²) in [6.07, 6.45) is 2.04. The summed E-state index contributed by atoms with van der Waals surface area (Å²) in [5.41, 5.74) is 2.30. The number of hydrogen-bond donors (Lipinski definition) is 1. The average molecular weight is 406 g/mol. The Bertz CT molecular complexity index is 1050. The number of anilines is 1. The number of likely N-dealkylation sites (tertiary alicyclic amines) is 1. The van der Waals surface area contributed by atoms with Crippen molar-refractivity contribution in [1.82, 2.24) is 4.98 Å². The summed E-state index contributed by atoms with van der Waals surface area (Å²) in [7, 11) is 1.59. The number of quaternary nitrogens is 1. The lowest BCUT2D eigenvalue weighted by atomic mass is 9.95. The highest BCUT2D eigenvalue weighted by Gasteiger charge is 2.46. The average Bonchev–Trinajstić information content (AvgIpc) is 3.34. The Hall–Kier alpha value is -3.19. The van der Waals surface area contributed by atoms with Crippen molar-refractivity contribution in [3.05, 3.63) is 54.4 Å². The summed E-state index contributed by atoms with van der Waals surface area (Å²) in [5.74, 6) is 1.49. The number of oxazole rings is 1. The van der Waals surface area contributed by atoms with Crippen LogP contribution in [-0.2, 0) is 9.59 Å². The van der Waals surface area contributed by atoms with Crippen molar-refractivity contribution in [1.29, 1.82) is 0 Å². The molecule has 154 valence electrons. The second-order valence-corrected chi connectivity index (χ2v) is 7.97. The van der Waals surface area contributed by atoms with Crippen LogP contribution in [0.15, 0.2) is 52.9 Å². The van der Waals surface area contributed by atoms with Gasteiger partial charge in [0.05, 0.1) is 32.3 Å². The molecule has 2 aliphatic heterocycles. The first-order valence-corrected chi connectivity index (χ1v) is 10.3. The minimum Gasteiger partial charge on any atom is -0.497 e. The molecule has 2 aliphatic rings. The van der Waals surface area contributed by atoms with Gasteiger partial charge in [-0.05, 0) is 36.4 Å². The molecule has 0 spiro atoms. The maximum absolute atomic E-state index is 13.1. The second-order valence-electron chi connectivity index (χ2n) is 7.97. The van der Waals surface area contributed by atoms with Gasteiger partial charge in [0.15, 0.2) is 17.5 Å². The third-order valence-corrected chi connectivity index (χ3v) is 6.26. The minimum atomic E-state index is -0.316. The molecule has 2 fully saturated rings. The molecule has 0 bridgehead atoms. The number of amides is 2. The van der Waals surface area contributed by atoms with Gasteiger partial charge in [-0.2, -0.15) is 0 Å². The van der Waals surface area contributed by atoms with E-state index in [9.17, 15) is 9.59 Å². The van der Waals surface area contributed by atoms with Gasteiger partial charge in [-0.3, -0.25) is 9.59 Å². The molecule has 1 aromatic heterocycles. The zero-order valence-corrected chi connectivity index (χ0v) is 16.8. The number of hydrogen-bond acceptors (Lipinski definition) is 5. The van der Waals surface area contributed by atoms with Gasteiger partial charge < -0.3 is 14.1 Å². The topological polar surface area (TPSA) is 77.1 Å². The van der Waals surface area contributed by atoms with E-state index in [0.29, 0.717) is 11.4 Å². The van der Waals surface area contributed by atoms with E-state index in [1.54, 1.807) is 31.4 Å². The Morgan fingerprint density at radius 3 is 2.50 bits per heavy atom. The Labute approximate surface area is 174 Å². The lowest BCUT2D eigenvalue weighted by Gasteiger charge is -2.30. The van der Waals surface area contributed by atoms with Gasteiger partial charge in [0.25, 0.3) is 5.91 Å². The maximum Gasteiger partial charge on any atom is 0.292 e. The normalized spacial score (nSPS) is 24.6. The molecule has 30 heavy (non-hydrogen) atoms. The molecule has 0 radical (unpaired) electrons. The van der Waals surface area contributed by atoms with E-state index >= 15 is 0 Å². The fourth-order valence-corrected chi connectivity index (χ4v) is 4.60. The predicted octanol–water partition coefficient (Wildman–Crippen LogP) is 1.93. The number of carbonyl (C=O) groups is 2. The van der Waals surface area contributed by atoms with Crippen LogP contribution in [0.25, 0.3) is 11.1 Å². The standard InChI is InChI=1S/C23H23N3O4/c1-29-17-8-6-16(7-9-17)26-21(27)14-19(23(26)28)25-12-10-15(11-13-25)22-24-18-4-2-3-5-20(18)30-22/h2-9,15,19H,10-14H2,1H3/p+1/t19-/m1/s1. The molecule has 0 unspecified atom stereocenters. The SMILES string of the molecule is COc1ccc(N2C(=O)C[C@@H]([NH+]3CCC(c4nc5ccccc5o4)CC3)C2=O)cc1. The molecule has 7 nitrogen and oxygen atoms in total. The summed E-state index contributed by atoms with van der Waals surface area (Å²) in [6, 6.07) is 14.5. The highest BCUT2D eigenvalue weighted by atomic mass is 16.5. The molecule has 3 aromatic rings.